The summed E-state index contributed by atoms with van der Waals surface area (Å²) in [4.78, 5) is 13.8. The van der Waals surface area contributed by atoms with Crippen molar-refractivity contribution in [1.29, 1.82) is 0 Å². The van der Waals surface area contributed by atoms with Crippen molar-refractivity contribution < 1.29 is 4.74 Å². The summed E-state index contributed by atoms with van der Waals surface area (Å²) in [6.07, 6.45) is 3.84. The zero-order chi connectivity index (χ0) is 20.5. The Morgan fingerprint density at radius 3 is 2.86 bits per heavy atom. The van der Waals surface area contributed by atoms with Gasteiger partial charge >= 0.3 is 0 Å². The number of aliphatic imine (C=N–C) groups is 1. The third-order valence-corrected chi connectivity index (χ3v) is 5.94. The lowest BCUT2D eigenvalue weighted by molar-refractivity contribution is 0.0375. The van der Waals surface area contributed by atoms with E-state index in [-0.39, 0.29) is 0 Å². The Balaban J connectivity index is 1.53. The van der Waals surface area contributed by atoms with Crippen molar-refractivity contribution in [3.63, 3.8) is 0 Å². The van der Waals surface area contributed by atoms with Gasteiger partial charge < -0.3 is 19.5 Å². The molecule has 1 aliphatic heterocycles. The highest BCUT2D eigenvalue weighted by molar-refractivity contribution is 7.09. The van der Waals surface area contributed by atoms with Gasteiger partial charge in [0.15, 0.2) is 11.8 Å². The quantitative estimate of drug-likeness (QED) is 0.367. The topological polar surface area (TPSA) is 83.7 Å². The van der Waals surface area contributed by atoms with Crippen LogP contribution in [0.4, 0.5) is 0 Å². The summed E-state index contributed by atoms with van der Waals surface area (Å²) in [7, 11) is 4.05. The van der Waals surface area contributed by atoms with Gasteiger partial charge in [0.25, 0.3) is 0 Å². The van der Waals surface area contributed by atoms with Crippen LogP contribution >= 0.6 is 11.3 Å². The molecule has 1 fully saturated rings. The first-order valence-electron chi connectivity index (χ1n) is 10.2. The molecule has 0 saturated carbocycles. The van der Waals surface area contributed by atoms with Crippen LogP contribution in [0.5, 0.6) is 0 Å². The molecule has 1 aliphatic rings. The van der Waals surface area contributed by atoms with Gasteiger partial charge in [-0.05, 0) is 19.9 Å². The predicted molar refractivity (Wildman–Crippen MR) is 115 cm³/mol. The number of hydrogen-bond acceptors (Lipinski definition) is 7. The van der Waals surface area contributed by atoms with Crippen LogP contribution in [-0.4, -0.2) is 88.5 Å². The molecule has 0 aromatic carbocycles. The number of thiazole rings is 1. The molecule has 3 rings (SSSR count). The fourth-order valence-electron chi connectivity index (χ4n) is 3.12. The molecule has 0 amide bonds. The third-order valence-electron chi connectivity index (χ3n) is 5.10. The van der Waals surface area contributed by atoms with E-state index >= 15 is 0 Å². The average Bonchev–Trinajstić information content (AvgIpc) is 3.37. The molecule has 0 unspecified atom stereocenters. The number of guanidine groups is 1. The molecule has 3 heterocycles. The fourth-order valence-corrected chi connectivity index (χ4v) is 3.73. The summed E-state index contributed by atoms with van der Waals surface area (Å²) in [5.41, 5.74) is 0. The first-order valence-corrected chi connectivity index (χ1v) is 11.0. The highest BCUT2D eigenvalue weighted by atomic mass is 32.1. The molecule has 0 spiro atoms. The van der Waals surface area contributed by atoms with Gasteiger partial charge in [0.05, 0.1) is 18.2 Å². The highest BCUT2D eigenvalue weighted by Gasteiger charge is 2.12. The van der Waals surface area contributed by atoms with Crippen LogP contribution in [-0.2, 0) is 24.8 Å². The lowest BCUT2D eigenvalue weighted by Crippen LogP contribution is -2.42. The maximum absolute atomic E-state index is 5.42. The Labute approximate surface area is 176 Å². The first kappa shape index (κ1) is 21.7. The Morgan fingerprint density at radius 1 is 1.34 bits per heavy atom. The molecular formula is C19H32N8OS. The minimum atomic E-state index is 0.505. The zero-order valence-corrected chi connectivity index (χ0v) is 18.5. The van der Waals surface area contributed by atoms with Crippen LogP contribution in [0, 0.1) is 6.92 Å². The van der Waals surface area contributed by atoms with E-state index < -0.39 is 0 Å². The SMILES string of the molecule is Cc1nnc(CN=C(NCCCN2CCOCC2)N(C)CCc2nccs2)n1C. The van der Waals surface area contributed by atoms with Gasteiger partial charge in [-0.15, -0.1) is 21.5 Å². The summed E-state index contributed by atoms with van der Waals surface area (Å²) in [5, 5.41) is 15.0. The number of ether oxygens (including phenoxy) is 1. The highest BCUT2D eigenvalue weighted by Crippen LogP contribution is 2.06. The van der Waals surface area contributed by atoms with Gasteiger partial charge in [-0.2, -0.15) is 0 Å². The molecule has 0 bridgehead atoms. The minimum absolute atomic E-state index is 0.505. The largest absolute Gasteiger partial charge is 0.379 e. The van der Waals surface area contributed by atoms with E-state index in [0.29, 0.717) is 6.54 Å². The van der Waals surface area contributed by atoms with E-state index in [0.717, 1.165) is 81.4 Å². The number of aromatic nitrogens is 4. The number of rotatable bonds is 9. The molecule has 160 valence electrons. The molecular weight excluding hydrogens is 388 g/mol. The number of aryl methyl sites for hydroxylation is 1. The average molecular weight is 421 g/mol. The Hall–Kier alpha value is -2.04. The van der Waals surface area contributed by atoms with Gasteiger partial charge in [-0.25, -0.2) is 9.98 Å². The van der Waals surface area contributed by atoms with Crippen LogP contribution in [0.1, 0.15) is 23.1 Å². The summed E-state index contributed by atoms with van der Waals surface area (Å²) in [6.45, 7) is 9.02. The van der Waals surface area contributed by atoms with E-state index in [4.69, 9.17) is 9.73 Å². The second-order valence-corrected chi connectivity index (χ2v) is 8.17. The fraction of sp³-hybridized carbons (Fsp3) is 0.684. The molecule has 2 aromatic heterocycles. The van der Waals surface area contributed by atoms with Crippen LogP contribution in [0.3, 0.4) is 0 Å². The predicted octanol–water partition coefficient (Wildman–Crippen LogP) is 0.922. The Kier molecular flexibility index (Phi) is 8.38. The monoisotopic (exact) mass is 420 g/mol. The summed E-state index contributed by atoms with van der Waals surface area (Å²) < 4.78 is 7.40. The third kappa shape index (κ3) is 6.76. The van der Waals surface area contributed by atoms with Crippen molar-refractivity contribution in [3.05, 3.63) is 28.2 Å². The molecule has 0 radical (unpaired) electrons. The summed E-state index contributed by atoms with van der Waals surface area (Å²) in [5.74, 6) is 2.65. The van der Waals surface area contributed by atoms with Crippen molar-refractivity contribution in [3.8, 4) is 0 Å². The van der Waals surface area contributed by atoms with Crippen LogP contribution in [0.15, 0.2) is 16.6 Å². The van der Waals surface area contributed by atoms with E-state index in [9.17, 15) is 0 Å². The van der Waals surface area contributed by atoms with E-state index in [2.05, 4.69) is 37.3 Å². The molecule has 0 atom stereocenters. The van der Waals surface area contributed by atoms with Gasteiger partial charge in [0.1, 0.15) is 12.4 Å². The summed E-state index contributed by atoms with van der Waals surface area (Å²) in [6, 6.07) is 0. The van der Waals surface area contributed by atoms with Gasteiger partial charge in [-0.3, -0.25) is 4.90 Å². The van der Waals surface area contributed by atoms with Gasteiger partial charge in [0, 0.05) is 58.3 Å². The smallest absolute Gasteiger partial charge is 0.194 e. The number of nitrogens with one attached hydrogen (secondary N) is 1. The van der Waals surface area contributed by atoms with Crippen molar-refractivity contribution in [2.45, 2.75) is 26.3 Å². The second-order valence-electron chi connectivity index (χ2n) is 7.19. The van der Waals surface area contributed by atoms with E-state index in [1.165, 1.54) is 0 Å². The normalized spacial score (nSPS) is 15.6. The molecule has 10 heteroatoms. The number of nitrogens with zero attached hydrogens (tertiary/aromatic N) is 7. The van der Waals surface area contributed by atoms with Crippen molar-refractivity contribution in [1.82, 2.24) is 34.9 Å². The molecule has 29 heavy (non-hydrogen) atoms. The lowest BCUT2D eigenvalue weighted by atomic mass is 10.3. The number of morpholine rings is 1. The number of likely N-dealkylation sites (N-methyl/N-ethyl adjacent to an activating group) is 1. The van der Waals surface area contributed by atoms with Crippen LogP contribution in [0.25, 0.3) is 0 Å². The van der Waals surface area contributed by atoms with E-state index in [1.807, 2.05) is 30.1 Å². The second kappa shape index (κ2) is 11.2. The zero-order valence-electron chi connectivity index (χ0n) is 17.7. The molecule has 1 N–H and O–H groups in total. The van der Waals surface area contributed by atoms with Crippen LogP contribution in [0.2, 0.25) is 0 Å². The van der Waals surface area contributed by atoms with Gasteiger partial charge in [-0.1, -0.05) is 0 Å². The van der Waals surface area contributed by atoms with Gasteiger partial charge in [0.2, 0.25) is 0 Å². The van der Waals surface area contributed by atoms with Crippen molar-refractivity contribution in [2.24, 2.45) is 12.0 Å². The molecule has 1 saturated heterocycles. The summed E-state index contributed by atoms with van der Waals surface area (Å²) >= 11 is 1.69. The number of hydrogen-bond donors (Lipinski definition) is 1. The van der Waals surface area contributed by atoms with Crippen molar-refractivity contribution >= 4 is 17.3 Å². The standard InChI is InChI=1S/C19H32N8OS/c1-16-23-24-17(26(16)3)15-22-19(25(2)9-5-18-20-7-14-29-18)21-6-4-8-27-10-12-28-13-11-27/h7,14H,4-6,8-13,15H2,1-3H3,(H,21,22). The van der Waals surface area contributed by atoms with E-state index in [1.54, 1.807) is 11.3 Å². The Morgan fingerprint density at radius 2 is 2.17 bits per heavy atom. The lowest BCUT2D eigenvalue weighted by Gasteiger charge is -2.27. The van der Waals surface area contributed by atoms with Crippen molar-refractivity contribution in [2.75, 3.05) is 53.0 Å². The first-order chi connectivity index (χ1) is 14.1. The van der Waals surface area contributed by atoms with Crippen LogP contribution < -0.4 is 5.32 Å². The maximum Gasteiger partial charge on any atom is 0.194 e. The molecule has 9 nitrogen and oxygen atoms in total. The molecule has 0 aliphatic carbocycles. The Bertz CT molecular complexity index is 754. The molecule has 2 aromatic rings. The minimum Gasteiger partial charge on any atom is -0.379 e. The maximum atomic E-state index is 5.42.